The summed E-state index contributed by atoms with van der Waals surface area (Å²) in [5, 5.41) is 6.76. The van der Waals surface area contributed by atoms with Gasteiger partial charge in [0.05, 0.1) is 17.3 Å². The predicted molar refractivity (Wildman–Crippen MR) is 130 cm³/mol. The average molecular weight is 466 g/mol. The number of nitrogens with zero attached hydrogens (tertiary/aromatic N) is 5. The maximum Gasteiger partial charge on any atom is 0.255 e. The number of aromatic nitrogens is 3. The van der Waals surface area contributed by atoms with Crippen LogP contribution in [0.4, 0.5) is 5.82 Å². The maximum atomic E-state index is 13.5. The van der Waals surface area contributed by atoms with Gasteiger partial charge in [0.25, 0.3) is 5.91 Å². The van der Waals surface area contributed by atoms with E-state index in [1.165, 1.54) is 17.8 Å². The lowest BCUT2D eigenvalue weighted by Crippen LogP contribution is -2.39. The van der Waals surface area contributed by atoms with E-state index in [0.29, 0.717) is 24.4 Å². The van der Waals surface area contributed by atoms with Gasteiger partial charge in [-0.1, -0.05) is 6.92 Å². The van der Waals surface area contributed by atoms with E-state index >= 15 is 0 Å². The minimum absolute atomic E-state index is 0.00476. The average Bonchev–Trinajstić information content (AvgIpc) is 3.52. The lowest BCUT2D eigenvalue weighted by Gasteiger charge is -2.34. The Morgan fingerprint density at radius 3 is 2.82 bits per heavy atom. The first-order chi connectivity index (χ1) is 15.9. The van der Waals surface area contributed by atoms with Gasteiger partial charge >= 0.3 is 0 Å². The Bertz CT molecular complexity index is 1200. The number of fused-ring (bicyclic) bond motifs is 1. The summed E-state index contributed by atoms with van der Waals surface area (Å²) in [4.78, 5) is 35.4. The fourth-order valence-electron chi connectivity index (χ4n) is 5.16. The number of thiophene rings is 1. The topological polar surface area (TPSA) is 70.8 Å². The van der Waals surface area contributed by atoms with Crippen LogP contribution in [0.15, 0.2) is 23.7 Å². The molecule has 1 amide bonds. The first kappa shape index (κ1) is 22.1. The Kier molecular flexibility index (Phi) is 5.95. The third-order valence-electron chi connectivity index (χ3n) is 6.84. The monoisotopic (exact) mass is 465 g/mol. The molecular weight excluding hydrogens is 434 g/mol. The van der Waals surface area contributed by atoms with Crippen LogP contribution < -0.4 is 4.90 Å². The molecule has 2 aliphatic heterocycles. The fraction of sp³-hybridized carbons (Fsp3) is 0.520. The number of piperidine rings is 1. The van der Waals surface area contributed by atoms with Crippen LogP contribution >= 0.6 is 11.3 Å². The molecule has 174 valence electrons. The molecule has 0 aliphatic carbocycles. The zero-order chi connectivity index (χ0) is 23.1. The first-order valence-electron chi connectivity index (χ1n) is 11.9. The lowest BCUT2D eigenvalue weighted by atomic mass is 9.98. The normalized spacial score (nSPS) is 21.2. The van der Waals surface area contributed by atoms with Crippen LogP contribution in [0.3, 0.4) is 0 Å². The molecule has 8 heteroatoms. The Balaban J connectivity index is 1.45. The van der Waals surface area contributed by atoms with E-state index in [-0.39, 0.29) is 17.7 Å². The number of amides is 1. The number of Topliss-reactive ketones (excluding diaryl/α,β-unsaturated/α-hetero) is 1. The SMILES string of the molecule is CC(=O)Cc1sccc1C(=O)N1CCCC[C@H]1c1cc2nc(N3CC[C@H](C)C3)c(C)cn2n1. The van der Waals surface area contributed by atoms with Crippen LogP contribution in [0.1, 0.15) is 72.1 Å². The van der Waals surface area contributed by atoms with Gasteiger partial charge < -0.3 is 9.80 Å². The van der Waals surface area contributed by atoms with Crippen LogP contribution in [-0.2, 0) is 11.2 Å². The van der Waals surface area contributed by atoms with Crippen molar-refractivity contribution in [2.24, 2.45) is 5.92 Å². The highest BCUT2D eigenvalue weighted by Crippen LogP contribution is 2.34. The van der Waals surface area contributed by atoms with E-state index in [9.17, 15) is 9.59 Å². The van der Waals surface area contributed by atoms with Crippen LogP contribution in [0.25, 0.3) is 5.65 Å². The van der Waals surface area contributed by atoms with Crippen LogP contribution in [-0.4, -0.2) is 50.8 Å². The van der Waals surface area contributed by atoms with Gasteiger partial charge in [-0.2, -0.15) is 5.10 Å². The van der Waals surface area contributed by atoms with Crippen LogP contribution in [0.2, 0.25) is 0 Å². The summed E-state index contributed by atoms with van der Waals surface area (Å²) >= 11 is 1.48. The van der Waals surface area contributed by atoms with Crippen molar-refractivity contribution in [1.82, 2.24) is 19.5 Å². The molecule has 3 aromatic heterocycles. The lowest BCUT2D eigenvalue weighted by molar-refractivity contribution is -0.116. The zero-order valence-electron chi connectivity index (χ0n) is 19.6. The molecule has 0 N–H and O–H groups in total. The number of carbonyl (C=O) groups excluding carboxylic acids is 2. The van der Waals surface area contributed by atoms with E-state index in [2.05, 4.69) is 24.9 Å². The standard InChI is InChI=1S/C25H31N5O2S/c1-16-7-10-28(14-16)24-17(2)15-30-23(26-24)13-20(27-30)21-6-4-5-9-29(21)25(32)19-8-11-33-22(19)12-18(3)31/h8,11,13,15-16,21H,4-7,9-10,12,14H2,1-3H3/t16-,21-/m0/s1. The summed E-state index contributed by atoms with van der Waals surface area (Å²) in [6, 6.07) is 3.83. The molecule has 2 fully saturated rings. The zero-order valence-corrected chi connectivity index (χ0v) is 20.4. The molecule has 0 bridgehead atoms. The van der Waals surface area contributed by atoms with Gasteiger partial charge in [-0.25, -0.2) is 9.50 Å². The van der Waals surface area contributed by atoms with Gasteiger partial charge in [-0.05, 0) is 56.9 Å². The molecule has 33 heavy (non-hydrogen) atoms. The quantitative estimate of drug-likeness (QED) is 0.557. The molecule has 0 aromatic carbocycles. The number of aryl methyl sites for hydroxylation is 1. The predicted octanol–water partition coefficient (Wildman–Crippen LogP) is 4.44. The molecule has 0 saturated carbocycles. The van der Waals surface area contributed by atoms with Crippen molar-refractivity contribution in [3.63, 3.8) is 0 Å². The molecule has 7 nitrogen and oxygen atoms in total. The van der Waals surface area contributed by atoms with Gasteiger partial charge in [-0.15, -0.1) is 11.3 Å². The van der Waals surface area contributed by atoms with Crippen molar-refractivity contribution in [2.45, 2.75) is 58.9 Å². The summed E-state index contributed by atoms with van der Waals surface area (Å²) in [6.07, 6.45) is 6.50. The highest BCUT2D eigenvalue weighted by Gasteiger charge is 2.32. The molecule has 2 aliphatic rings. The molecule has 5 rings (SSSR count). The fourth-order valence-corrected chi connectivity index (χ4v) is 6.10. The van der Waals surface area contributed by atoms with Crippen molar-refractivity contribution >= 4 is 34.5 Å². The number of ketones is 1. The van der Waals surface area contributed by atoms with Gasteiger partial charge in [-0.3, -0.25) is 9.59 Å². The molecule has 0 spiro atoms. The molecule has 2 saturated heterocycles. The molecule has 0 unspecified atom stereocenters. The highest BCUT2D eigenvalue weighted by molar-refractivity contribution is 7.10. The summed E-state index contributed by atoms with van der Waals surface area (Å²) in [6.45, 7) is 8.74. The Morgan fingerprint density at radius 2 is 2.06 bits per heavy atom. The van der Waals surface area contributed by atoms with Crippen molar-refractivity contribution < 1.29 is 9.59 Å². The molecule has 0 radical (unpaired) electrons. The van der Waals surface area contributed by atoms with Crippen molar-refractivity contribution in [3.05, 3.63) is 45.4 Å². The first-order valence-corrected chi connectivity index (χ1v) is 12.8. The maximum absolute atomic E-state index is 13.5. The second kappa shape index (κ2) is 8.89. The minimum atomic E-state index is -0.0754. The van der Waals surface area contributed by atoms with Gasteiger partial charge in [0.15, 0.2) is 5.65 Å². The van der Waals surface area contributed by atoms with E-state index in [1.54, 1.807) is 6.92 Å². The molecule has 5 heterocycles. The van der Waals surface area contributed by atoms with Gasteiger partial charge in [0.2, 0.25) is 0 Å². The van der Waals surface area contributed by atoms with E-state index < -0.39 is 0 Å². The summed E-state index contributed by atoms with van der Waals surface area (Å²) < 4.78 is 1.86. The number of hydrogen-bond donors (Lipinski definition) is 0. The van der Waals surface area contributed by atoms with Crippen molar-refractivity contribution in [3.8, 4) is 0 Å². The number of hydrogen-bond acceptors (Lipinski definition) is 6. The molecule has 3 aromatic rings. The Hall–Kier alpha value is -2.74. The summed E-state index contributed by atoms with van der Waals surface area (Å²) in [5.41, 5.74) is 3.50. The van der Waals surface area contributed by atoms with Crippen LogP contribution in [0, 0.1) is 12.8 Å². The van der Waals surface area contributed by atoms with E-state index in [0.717, 1.165) is 60.0 Å². The van der Waals surface area contributed by atoms with Crippen molar-refractivity contribution in [1.29, 1.82) is 0 Å². The number of rotatable bonds is 5. The van der Waals surface area contributed by atoms with Gasteiger partial charge in [0.1, 0.15) is 11.6 Å². The second-order valence-corrected chi connectivity index (χ2v) is 10.6. The molecule has 2 atom stereocenters. The summed E-state index contributed by atoms with van der Waals surface area (Å²) in [5.74, 6) is 1.81. The third kappa shape index (κ3) is 4.28. The smallest absolute Gasteiger partial charge is 0.255 e. The number of likely N-dealkylation sites (tertiary alicyclic amines) is 1. The number of carbonyl (C=O) groups is 2. The Labute approximate surface area is 198 Å². The van der Waals surface area contributed by atoms with E-state index in [1.807, 2.05) is 26.9 Å². The minimum Gasteiger partial charge on any atom is -0.356 e. The largest absolute Gasteiger partial charge is 0.356 e. The van der Waals surface area contributed by atoms with E-state index in [4.69, 9.17) is 10.1 Å². The van der Waals surface area contributed by atoms with Gasteiger partial charge in [0, 0.05) is 48.8 Å². The van der Waals surface area contributed by atoms with Crippen molar-refractivity contribution in [2.75, 3.05) is 24.5 Å². The summed E-state index contributed by atoms with van der Waals surface area (Å²) in [7, 11) is 0. The molecular formula is C25H31N5O2S. The number of anilines is 1. The van der Waals surface area contributed by atoms with Crippen LogP contribution in [0.5, 0.6) is 0 Å². The second-order valence-electron chi connectivity index (χ2n) is 9.61. The third-order valence-corrected chi connectivity index (χ3v) is 7.76. The highest BCUT2D eigenvalue weighted by atomic mass is 32.1. The Morgan fingerprint density at radius 1 is 1.21 bits per heavy atom.